The molecule has 1 amide bonds. The second-order valence-electron chi connectivity index (χ2n) is 5.48. The average molecular weight is 382 g/mol. The molecule has 1 aromatic carbocycles. The highest BCUT2D eigenvalue weighted by Crippen LogP contribution is 2.19. The van der Waals surface area contributed by atoms with Gasteiger partial charge in [0.25, 0.3) is 0 Å². The van der Waals surface area contributed by atoms with Crippen molar-refractivity contribution in [1.82, 2.24) is 15.1 Å². The predicted molar refractivity (Wildman–Crippen MR) is 97.8 cm³/mol. The smallest absolute Gasteiger partial charge is 0.223 e. The van der Waals surface area contributed by atoms with Gasteiger partial charge in [-0.3, -0.25) is 9.69 Å². The molecule has 1 heterocycles. The topological polar surface area (TPSA) is 44.8 Å². The van der Waals surface area contributed by atoms with Gasteiger partial charge in [0.15, 0.2) is 11.6 Å². The fourth-order valence-corrected chi connectivity index (χ4v) is 2.61. The molecular weight excluding hydrogens is 356 g/mol. The van der Waals surface area contributed by atoms with Crippen LogP contribution in [0, 0.1) is 5.82 Å². The van der Waals surface area contributed by atoms with Gasteiger partial charge in [-0.05, 0) is 24.7 Å². The molecule has 0 aliphatic carbocycles. The minimum atomic E-state index is -0.333. The number of carbonyl (C=O) groups is 1. The molecule has 1 fully saturated rings. The van der Waals surface area contributed by atoms with Crippen molar-refractivity contribution in [2.45, 2.75) is 13.0 Å². The minimum absolute atomic E-state index is 0. The molecule has 0 bridgehead atoms. The largest absolute Gasteiger partial charge is 0.494 e. The highest BCUT2D eigenvalue weighted by atomic mass is 35.5. The van der Waals surface area contributed by atoms with E-state index in [0.717, 1.165) is 31.7 Å². The van der Waals surface area contributed by atoms with Crippen LogP contribution in [0.25, 0.3) is 0 Å². The first-order valence-corrected chi connectivity index (χ1v) is 7.61. The second-order valence-corrected chi connectivity index (χ2v) is 5.48. The molecule has 0 aromatic heterocycles. The lowest BCUT2D eigenvalue weighted by Gasteiger charge is -2.34. The van der Waals surface area contributed by atoms with Crippen LogP contribution in [0.3, 0.4) is 0 Å². The van der Waals surface area contributed by atoms with Crippen molar-refractivity contribution in [1.29, 1.82) is 0 Å². The molecule has 24 heavy (non-hydrogen) atoms. The highest BCUT2D eigenvalue weighted by molar-refractivity contribution is 5.85. The third-order valence-electron chi connectivity index (χ3n) is 3.94. The molecular formula is C16H26Cl2FN3O2. The standard InChI is InChI=1S/C16H24FN3O2.2ClH/c1-18-6-5-16(21)20-9-7-19(8-10-20)12-13-3-4-15(22-2)14(17)11-13;;/h3-4,11,18H,5-10,12H2,1-2H3;2*1H. The lowest BCUT2D eigenvalue weighted by atomic mass is 10.1. The molecule has 0 radical (unpaired) electrons. The Morgan fingerprint density at radius 3 is 2.46 bits per heavy atom. The molecule has 1 aliphatic rings. The van der Waals surface area contributed by atoms with Gasteiger partial charge in [0, 0.05) is 45.7 Å². The summed E-state index contributed by atoms with van der Waals surface area (Å²) in [6.07, 6.45) is 0.542. The van der Waals surface area contributed by atoms with Gasteiger partial charge in [-0.15, -0.1) is 24.8 Å². The fourth-order valence-electron chi connectivity index (χ4n) is 2.61. The van der Waals surface area contributed by atoms with Crippen LogP contribution >= 0.6 is 24.8 Å². The Kier molecular flexibility index (Phi) is 11.0. The van der Waals surface area contributed by atoms with E-state index in [0.29, 0.717) is 19.5 Å². The van der Waals surface area contributed by atoms with Crippen molar-refractivity contribution in [2.75, 3.05) is 46.9 Å². The van der Waals surface area contributed by atoms with E-state index in [4.69, 9.17) is 4.74 Å². The summed E-state index contributed by atoms with van der Waals surface area (Å²) >= 11 is 0. The summed E-state index contributed by atoms with van der Waals surface area (Å²) in [6.45, 7) is 4.52. The molecule has 2 rings (SSSR count). The number of carbonyl (C=O) groups excluding carboxylic acids is 1. The lowest BCUT2D eigenvalue weighted by molar-refractivity contribution is -0.132. The van der Waals surface area contributed by atoms with Crippen molar-refractivity contribution < 1.29 is 13.9 Å². The van der Waals surface area contributed by atoms with Crippen LogP contribution in [0.15, 0.2) is 18.2 Å². The van der Waals surface area contributed by atoms with Gasteiger partial charge >= 0.3 is 0 Å². The van der Waals surface area contributed by atoms with Crippen LogP contribution < -0.4 is 10.1 Å². The molecule has 1 saturated heterocycles. The highest BCUT2D eigenvalue weighted by Gasteiger charge is 2.20. The van der Waals surface area contributed by atoms with E-state index in [9.17, 15) is 9.18 Å². The summed E-state index contributed by atoms with van der Waals surface area (Å²) in [7, 11) is 3.31. The first kappa shape index (κ1) is 22.9. The SMILES string of the molecule is CNCCC(=O)N1CCN(Cc2ccc(OC)c(F)c2)CC1.Cl.Cl. The monoisotopic (exact) mass is 381 g/mol. The van der Waals surface area contributed by atoms with Gasteiger partial charge in [0.1, 0.15) is 0 Å². The minimum Gasteiger partial charge on any atom is -0.494 e. The summed E-state index contributed by atoms with van der Waals surface area (Å²) in [4.78, 5) is 16.1. The number of nitrogens with zero attached hydrogens (tertiary/aromatic N) is 2. The Morgan fingerprint density at radius 1 is 1.25 bits per heavy atom. The molecule has 0 atom stereocenters. The van der Waals surface area contributed by atoms with Gasteiger partial charge < -0.3 is 15.0 Å². The zero-order valence-electron chi connectivity index (χ0n) is 14.1. The first-order chi connectivity index (χ1) is 10.6. The van der Waals surface area contributed by atoms with E-state index in [2.05, 4.69) is 10.2 Å². The Balaban J connectivity index is 0.00000264. The Bertz CT molecular complexity index is 512. The molecule has 8 heteroatoms. The summed E-state index contributed by atoms with van der Waals surface area (Å²) in [5, 5.41) is 2.99. The maximum absolute atomic E-state index is 13.7. The molecule has 1 aliphatic heterocycles. The molecule has 138 valence electrons. The number of piperazine rings is 1. The van der Waals surface area contributed by atoms with Crippen molar-refractivity contribution in [3.63, 3.8) is 0 Å². The van der Waals surface area contributed by atoms with Gasteiger partial charge in [-0.2, -0.15) is 0 Å². The van der Waals surface area contributed by atoms with E-state index < -0.39 is 0 Å². The van der Waals surface area contributed by atoms with E-state index in [-0.39, 0.29) is 42.3 Å². The van der Waals surface area contributed by atoms with Crippen LogP contribution in [0.2, 0.25) is 0 Å². The molecule has 0 unspecified atom stereocenters. The van der Waals surface area contributed by atoms with Crippen molar-refractivity contribution in [3.05, 3.63) is 29.6 Å². The van der Waals surface area contributed by atoms with Crippen molar-refractivity contribution in [3.8, 4) is 5.75 Å². The van der Waals surface area contributed by atoms with Crippen LogP contribution in [0.1, 0.15) is 12.0 Å². The molecule has 5 nitrogen and oxygen atoms in total. The maximum atomic E-state index is 13.7. The average Bonchev–Trinajstić information content (AvgIpc) is 2.53. The summed E-state index contributed by atoms with van der Waals surface area (Å²) in [6, 6.07) is 5.05. The molecule has 0 saturated carbocycles. The van der Waals surface area contributed by atoms with E-state index in [1.165, 1.54) is 13.2 Å². The number of benzene rings is 1. The predicted octanol–water partition coefficient (Wildman–Crippen LogP) is 1.93. The van der Waals surface area contributed by atoms with Gasteiger partial charge in [0.05, 0.1) is 7.11 Å². The summed E-state index contributed by atoms with van der Waals surface area (Å²) in [5.41, 5.74) is 0.924. The zero-order valence-corrected chi connectivity index (χ0v) is 15.7. The number of ether oxygens (including phenoxy) is 1. The Labute approximate surface area is 155 Å². The normalized spacial score (nSPS) is 14.5. The number of nitrogens with one attached hydrogen (secondary N) is 1. The summed E-state index contributed by atoms with van der Waals surface area (Å²) in [5.74, 6) is 0.133. The van der Waals surface area contributed by atoms with Crippen molar-refractivity contribution in [2.24, 2.45) is 0 Å². The van der Waals surface area contributed by atoms with E-state index >= 15 is 0 Å². The van der Waals surface area contributed by atoms with Crippen LogP contribution in [-0.2, 0) is 11.3 Å². The van der Waals surface area contributed by atoms with Crippen LogP contribution in [0.4, 0.5) is 4.39 Å². The number of halogens is 3. The van der Waals surface area contributed by atoms with Gasteiger partial charge in [-0.1, -0.05) is 6.07 Å². The van der Waals surface area contributed by atoms with E-state index in [1.54, 1.807) is 6.07 Å². The lowest BCUT2D eigenvalue weighted by Crippen LogP contribution is -2.48. The van der Waals surface area contributed by atoms with Gasteiger partial charge in [-0.25, -0.2) is 4.39 Å². The Morgan fingerprint density at radius 2 is 1.92 bits per heavy atom. The number of rotatable bonds is 6. The third kappa shape index (κ3) is 6.43. The van der Waals surface area contributed by atoms with Crippen molar-refractivity contribution >= 4 is 30.7 Å². The number of amides is 1. The fraction of sp³-hybridized carbons (Fsp3) is 0.562. The maximum Gasteiger partial charge on any atom is 0.223 e. The zero-order chi connectivity index (χ0) is 15.9. The second kappa shape index (κ2) is 11.5. The number of methoxy groups -OCH3 is 1. The quantitative estimate of drug-likeness (QED) is 0.817. The van der Waals surface area contributed by atoms with E-state index in [1.807, 2.05) is 18.0 Å². The third-order valence-corrected chi connectivity index (χ3v) is 3.94. The summed E-state index contributed by atoms with van der Waals surface area (Å²) < 4.78 is 18.6. The first-order valence-electron chi connectivity index (χ1n) is 7.61. The molecule has 1 N–H and O–H groups in total. The Hall–Kier alpha value is -1.08. The molecule has 0 spiro atoms. The van der Waals surface area contributed by atoms with Crippen LogP contribution in [0.5, 0.6) is 5.75 Å². The van der Waals surface area contributed by atoms with Gasteiger partial charge in [0.2, 0.25) is 5.91 Å². The van der Waals surface area contributed by atoms with Crippen LogP contribution in [-0.4, -0.2) is 62.6 Å². The number of hydrogen-bond acceptors (Lipinski definition) is 4. The molecule has 1 aromatic rings. The number of hydrogen-bond donors (Lipinski definition) is 1.